The largest absolute Gasteiger partial charge is 0.346 e. The summed E-state index contributed by atoms with van der Waals surface area (Å²) in [5.74, 6) is -0.714. The Kier molecular flexibility index (Phi) is 10.3. The Morgan fingerprint density at radius 3 is 1.78 bits per heavy atom. The van der Waals surface area contributed by atoms with Gasteiger partial charge in [-0.05, 0) is 65.4 Å². The number of ketones is 1. The van der Waals surface area contributed by atoms with Gasteiger partial charge in [0.15, 0.2) is 6.29 Å². The molecule has 54 heavy (non-hydrogen) atoms. The highest BCUT2D eigenvalue weighted by Gasteiger charge is 2.50. The number of pyridine rings is 1. The van der Waals surface area contributed by atoms with Crippen molar-refractivity contribution in [1.82, 2.24) is 9.88 Å². The lowest BCUT2D eigenvalue weighted by atomic mass is 9.65. The van der Waals surface area contributed by atoms with Crippen LogP contribution in [-0.2, 0) is 37.3 Å². The summed E-state index contributed by atoms with van der Waals surface area (Å²) >= 11 is 0. The molecule has 1 aliphatic heterocycles. The van der Waals surface area contributed by atoms with Gasteiger partial charge in [-0.2, -0.15) is 0 Å². The number of nitrogens with one attached hydrogen (secondary N) is 1. The number of hydrogen-bond acceptors (Lipinski definition) is 7. The monoisotopic (exact) mass is 734 g/mol. The smallest absolute Gasteiger partial charge is 0.236 e. The van der Waals surface area contributed by atoms with Crippen molar-refractivity contribution in [3.63, 3.8) is 0 Å². The van der Waals surface area contributed by atoms with Crippen LogP contribution in [-0.4, -0.2) is 48.6 Å². The van der Waals surface area contributed by atoms with E-state index in [1.165, 1.54) is 6.20 Å². The van der Waals surface area contributed by atoms with E-state index in [-0.39, 0.29) is 5.75 Å². The normalized spacial score (nSPS) is 15.8. The number of carbonyl (C=O) groups is 2. The lowest BCUT2D eigenvalue weighted by Gasteiger charge is -2.37. The van der Waals surface area contributed by atoms with Gasteiger partial charge >= 0.3 is 0 Å². The molecule has 1 N–H and O–H groups in total. The zero-order chi connectivity index (χ0) is 37.8. The van der Waals surface area contributed by atoms with Gasteiger partial charge in [-0.25, -0.2) is 8.42 Å². The predicted octanol–water partition coefficient (Wildman–Crippen LogP) is 7.60. The lowest BCUT2D eigenvalue weighted by molar-refractivity contribution is -0.131. The Morgan fingerprint density at radius 1 is 0.759 bits per heavy atom. The van der Waals surface area contributed by atoms with Crippen LogP contribution in [0.5, 0.6) is 0 Å². The molecule has 6 aromatic rings. The number of aromatic nitrogens is 1. The number of benzene rings is 5. The molecule has 9 heteroatoms. The Balaban J connectivity index is 1.24. The van der Waals surface area contributed by atoms with Crippen molar-refractivity contribution in [3.8, 4) is 0 Å². The number of nitrogens with zero attached hydrogens (tertiary/aromatic N) is 3. The summed E-state index contributed by atoms with van der Waals surface area (Å²) in [4.78, 5) is 33.9. The van der Waals surface area contributed by atoms with E-state index < -0.39 is 32.8 Å². The van der Waals surface area contributed by atoms with Crippen LogP contribution in [0.4, 0.5) is 11.4 Å². The highest BCUT2D eigenvalue weighted by atomic mass is 32.2. The van der Waals surface area contributed by atoms with Gasteiger partial charge in [0.05, 0.1) is 29.7 Å². The number of rotatable bonds is 13. The van der Waals surface area contributed by atoms with Gasteiger partial charge < -0.3 is 4.90 Å². The molecule has 0 saturated carbocycles. The molecule has 5 aromatic carbocycles. The summed E-state index contributed by atoms with van der Waals surface area (Å²) in [6.45, 7) is 4.50. The molecule has 1 saturated heterocycles. The molecule has 0 radical (unpaired) electrons. The van der Waals surface area contributed by atoms with E-state index in [2.05, 4.69) is 99.5 Å². The molecule has 1 aliphatic rings. The third-order valence-electron chi connectivity index (χ3n) is 10.5. The highest BCUT2D eigenvalue weighted by Crippen LogP contribution is 2.46. The first-order chi connectivity index (χ1) is 26.1. The van der Waals surface area contributed by atoms with Gasteiger partial charge in [0, 0.05) is 24.0 Å². The standard InChI is InChI=1S/C45H42N4O4S/c1-44(2)43(42(51)31-50)49(33-48(44)30-35-27-28-46-29-41(35)47-54(52,53)32-34-15-7-3-8-16-34)40-25-23-39(24-26-40)45(36-17-9-4-10-18-36,37-19-11-5-12-20-37)38-21-13-6-14-22-38/h3-29,31,43,47H,30,32-33H2,1-2H3. The number of Topliss-reactive ketones (excluding diaryl/α,β-unsaturated/α-hetero) is 1. The van der Waals surface area contributed by atoms with Crippen molar-refractivity contribution in [1.29, 1.82) is 0 Å². The third-order valence-corrected chi connectivity index (χ3v) is 11.7. The highest BCUT2D eigenvalue weighted by molar-refractivity contribution is 7.91. The maximum atomic E-state index is 13.5. The Labute approximate surface area is 317 Å². The van der Waals surface area contributed by atoms with Gasteiger partial charge in [0.1, 0.15) is 6.04 Å². The molecule has 0 aliphatic carbocycles. The summed E-state index contributed by atoms with van der Waals surface area (Å²) in [6, 6.07) is 49.6. The SMILES string of the molecule is CC1(C)C(C(=O)C=O)N(c2ccc(C(c3ccccc3)(c3ccccc3)c3ccccc3)cc2)CN1Cc1ccncc1NS(=O)(=O)Cc1ccccc1. The summed E-state index contributed by atoms with van der Waals surface area (Å²) in [7, 11) is -3.75. The molecule has 0 bridgehead atoms. The number of carbonyl (C=O) groups excluding carboxylic acids is 2. The van der Waals surface area contributed by atoms with E-state index in [9.17, 15) is 18.0 Å². The molecule has 7 rings (SSSR count). The molecule has 0 spiro atoms. The van der Waals surface area contributed by atoms with Gasteiger partial charge in [-0.3, -0.25) is 24.2 Å². The number of anilines is 2. The van der Waals surface area contributed by atoms with Crippen molar-refractivity contribution < 1.29 is 18.0 Å². The second-order valence-corrected chi connectivity index (χ2v) is 15.9. The number of sulfonamides is 1. The van der Waals surface area contributed by atoms with Gasteiger partial charge in [-0.15, -0.1) is 0 Å². The second-order valence-electron chi connectivity index (χ2n) is 14.2. The molecule has 8 nitrogen and oxygen atoms in total. The summed E-state index contributed by atoms with van der Waals surface area (Å²) in [5, 5.41) is 0. The molecular weight excluding hydrogens is 693 g/mol. The van der Waals surface area contributed by atoms with Crippen LogP contribution in [0.2, 0.25) is 0 Å². The van der Waals surface area contributed by atoms with Crippen molar-refractivity contribution in [3.05, 3.63) is 197 Å². The molecule has 2 heterocycles. The number of hydrogen-bond donors (Lipinski definition) is 1. The first kappa shape index (κ1) is 36.5. The summed E-state index contributed by atoms with van der Waals surface area (Å²) < 4.78 is 29.2. The van der Waals surface area contributed by atoms with E-state index in [0.717, 1.165) is 27.9 Å². The summed E-state index contributed by atoms with van der Waals surface area (Å²) in [6.07, 6.45) is 3.53. The number of aldehydes is 1. The van der Waals surface area contributed by atoms with E-state index in [1.807, 2.05) is 55.1 Å². The van der Waals surface area contributed by atoms with Crippen molar-refractivity contribution in [2.45, 2.75) is 43.1 Å². The second kappa shape index (κ2) is 15.2. The van der Waals surface area contributed by atoms with Crippen LogP contribution >= 0.6 is 0 Å². The van der Waals surface area contributed by atoms with Crippen LogP contribution in [0, 0.1) is 0 Å². The molecule has 272 valence electrons. The van der Waals surface area contributed by atoms with E-state index in [4.69, 9.17) is 0 Å². The quantitative estimate of drug-likeness (QED) is 0.0742. The van der Waals surface area contributed by atoms with E-state index in [0.29, 0.717) is 36.3 Å². The molecule has 1 atom stereocenters. The zero-order valence-corrected chi connectivity index (χ0v) is 31.1. The minimum atomic E-state index is -3.75. The van der Waals surface area contributed by atoms with Crippen LogP contribution in [0.3, 0.4) is 0 Å². The molecule has 1 aromatic heterocycles. The maximum absolute atomic E-state index is 13.5. The Morgan fingerprint density at radius 2 is 1.26 bits per heavy atom. The van der Waals surface area contributed by atoms with E-state index in [1.54, 1.807) is 36.5 Å². The average molecular weight is 735 g/mol. The lowest BCUT2D eigenvalue weighted by Crippen LogP contribution is -2.51. The fourth-order valence-corrected chi connectivity index (χ4v) is 9.10. The molecule has 1 unspecified atom stereocenters. The average Bonchev–Trinajstić information content (AvgIpc) is 3.46. The fourth-order valence-electron chi connectivity index (χ4n) is 7.88. The zero-order valence-electron chi connectivity index (χ0n) is 30.2. The minimum absolute atomic E-state index is 0.183. The molecule has 1 fully saturated rings. The van der Waals surface area contributed by atoms with E-state index >= 15 is 0 Å². The predicted molar refractivity (Wildman–Crippen MR) is 214 cm³/mol. The van der Waals surface area contributed by atoms with Gasteiger partial charge in [-0.1, -0.05) is 133 Å². The molecule has 0 amide bonds. The van der Waals surface area contributed by atoms with Gasteiger partial charge in [0.25, 0.3) is 0 Å². The topological polar surface area (TPSA) is 99.7 Å². The van der Waals surface area contributed by atoms with Crippen molar-refractivity contribution in [2.75, 3.05) is 16.3 Å². The van der Waals surface area contributed by atoms with Crippen LogP contribution in [0.1, 0.15) is 47.2 Å². The first-order valence-electron chi connectivity index (χ1n) is 17.9. The third kappa shape index (κ3) is 7.08. The van der Waals surface area contributed by atoms with Crippen LogP contribution < -0.4 is 9.62 Å². The van der Waals surface area contributed by atoms with Crippen molar-refractivity contribution in [2.24, 2.45) is 0 Å². The van der Waals surface area contributed by atoms with Gasteiger partial charge in [0.2, 0.25) is 15.8 Å². The van der Waals surface area contributed by atoms with Crippen LogP contribution in [0.15, 0.2) is 164 Å². The van der Waals surface area contributed by atoms with Crippen LogP contribution in [0.25, 0.3) is 0 Å². The Hall–Kier alpha value is -5.90. The first-order valence-corrected chi connectivity index (χ1v) is 19.5. The Bertz CT molecular complexity index is 2220. The minimum Gasteiger partial charge on any atom is -0.346 e. The molecular formula is C45H42N4O4S. The fraction of sp³-hybridized carbons (Fsp3) is 0.178. The van der Waals surface area contributed by atoms with Crippen molar-refractivity contribution >= 4 is 33.5 Å². The summed E-state index contributed by atoms with van der Waals surface area (Å²) in [5.41, 5.74) is 5.47. The maximum Gasteiger partial charge on any atom is 0.236 e.